The second kappa shape index (κ2) is 8.27. The van der Waals surface area contributed by atoms with Crippen molar-refractivity contribution in [1.29, 1.82) is 0 Å². The molecule has 1 unspecified atom stereocenters. The van der Waals surface area contributed by atoms with Crippen LogP contribution in [0.15, 0.2) is 42.7 Å². The molecule has 1 amide bonds. The lowest BCUT2D eigenvalue weighted by Gasteiger charge is -2.33. The molecule has 1 aliphatic heterocycles. The number of benzene rings is 1. The highest BCUT2D eigenvalue weighted by Gasteiger charge is 2.28. The molecule has 3 rings (SSSR count). The van der Waals surface area contributed by atoms with E-state index in [0.717, 1.165) is 37.3 Å². The lowest BCUT2D eigenvalue weighted by atomic mass is 9.90. The summed E-state index contributed by atoms with van der Waals surface area (Å²) >= 11 is 0. The van der Waals surface area contributed by atoms with Gasteiger partial charge in [0.15, 0.2) is 0 Å². The minimum Gasteiger partial charge on any atom is -0.385 e. The Balaban J connectivity index is 1.41. The second-order valence-electron chi connectivity index (χ2n) is 6.72. The Bertz CT molecular complexity index is 678. The van der Waals surface area contributed by atoms with Crippen LogP contribution in [-0.4, -0.2) is 45.1 Å². The fraction of sp³-hybridized carbons (Fsp3) is 0.474. The highest BCUT2D eigenvalue weighted by molar-refractivity contribution is 5.78. The number of aromatic nitrogens is 2. The van der Waals surface area contributed by atoms with Gasteiger partial charge in [-0.05, 0) is 37.4 Å². The van der Waals surface area contributed by atoms with E-state index in [1.165, 1.54) is 0 Å². The number of hydrogen-bond donors (Lipinski definition) is 2. The molecule has 0 aliphatic carbocycles. The first-order valence-corrected chi connectivity index (χ1v) is 8.82. The molecule has 1 atom stereocenters. The lowest BCUT2D eigenvalue weighted by molar-refractivity contribution is -0.122. The molecule has 2 N–H and O–H groups in total. The molecular formula is C19H26N4O2. The number of rotatable bonds is 6. The van der Waals surface area contributed by atoms with Gasteiger partial charge in [-0.2, -0.15) is 0 Å². The van der Waals surface area contributed by atoms with Gasteiger partial charge in [0.05, 0.1) is 6.54 Å². The van der Waals surface area contributed by atoms with E-state index in [9.17, 15) is 9.90 Å². The lowest BCUT2D eigenvalue weighted by Crippen LogP contribution is -2.42. The Morgan fingerprint density at radius 1 is 1.32 bits per heavy atom. The van der Waals surface area contributed by atoms with E-state index < -0.39 is 6.10 Å². The first-order chi connectivity index (χ1) is 12.1. The molecule has 134 valence electrons. The number of nitrogens with one attached hydrogen (secondary N) is 1. The summed E-state index contributed by atoms with van der Waals surface area (Å²) in [6, 6.07) is 9.92. The van der Waals surface area contributed by atoms with Crippen molar-refractivity contribution in [3.8, 4) is 0 Å². The van der Waals surface area contributed by atoms with Crippen LogP contribution in [0.1, 0.15) is 30.3 Å². The molecule has 0 radical (unpaired) electrons. The van der Waals surface area contributed by atoms with Crippen molar-refractivity contribution in [2.24, 2.45) is 13.0 Å². The molecule has 1 aromatic heterocycles. The largest absolute Gasteiger partial charge is 0.385 e. The molecule has 1 fully saturated rings. The van der Waals surface area contributed by atoms with E-state index in [2.05, 4.69) is 15.2 Å². The number of aryl methyl sites for hydroxylation is 1. The maximum absolute atomic E-state index is 12.1. The first-order valence-electron chi connectivity index (χ1n) is 8.82. The topological polar surface area (TPSA) is 70.4 Å². The molecule has 1 aliphatic rings. The molecule has 2 heterocycles. The number of nitrogens with zero attached hydrogens (tertiary/aromatic N) is 3. The summed E-state index contributed by atoms with van der Waals surface area (Å²) in [4.78, 5) is 18.5. The van der Waals surface area contributed by atoms with E-state index in [0.29, 0.717) is 13.1 Å². The Morgan fingerprint density at radius 3 is 2.68 bits per heavy atom. The second-order valence-corrected chi connectivity index (χ2v) is 6.72. The molecular weight excluding hydrogens is 316 g/mol. The SMILES string of the molecule is Cn1ccnc1C(O)C1CCN(CC(=O)NCc2ccccc2)CC1. The fourth-order valence-electron chi connectivity index (χ4n) is 3.36. The summed E-state index contributed by atoms with van der Waals surface area (Å²) in [6.45, 7) is 2.63. The molecule has 0 spiro atoms. The van der Waals surface area contributed by atoms with Crippen molar-refractivity contribution in [2.45, 2.75) is 25.5 Å². The monoisotopic (exact) mass is 342 g/mol. The van der Waals surface area contributed by atoms with Gasteiger partial charge in [0, 0.05) is 26.0 Å². The number of aliphatic hydroxyl groups excluding tert-OH is 1. The minimum atomic E-state index is -0.533. The number of carbonyl (C=O) groups is 1. The van der Waals surface area contributed by atoms with Gasteiger partial charge >= 0.3 is 0 Å². The number of carbonyl (C=O) groups excluding carboxylic acids is 1. The molecule has 1 aromatic carbocycles. The van der Waals surface area contributed by atoms with Gasteiger partial charge in [-0.3, -0.25) is 9.69 Å². The van der Waals surface area contributed by atoms with Crippen molar-refractivity contribution in [2.75, 3.05) is 19.6 Å². The van der Waals surface area contributed by atoms with Crippen LogP contribution in [0.3, 0.4) is 0 Å². The van der Waals surface area contributed by atoms with Crippen LogP contribution in [0.4, 0.5) is 0 Å². The maximum Gasteiger partial charge on any atom is 0.234 e. The number of amides is 1. The zero-order chi connectivity index (χ0) is 17.6. The van der Waals surface area contributed by atoms with Gasteiger partial charge in [-0.25, -0.2) is 4.98 Å². The zero-order valence-corrected chi connectivity index (χ0v) is 14.6. The van der Waals surface area contributed by atoms with Gasteiger partial charge in [-0.1, -0.05) is 30.3 Å². The number of likely N-dealkylation sites (tertiary alicyclic amines) is 1. The predicted octanol–water partition coefficient (Wildman–Crippen LogP) is 1.48. The summed E-state index contributed by atoms with van der Waals surface area (Å²) < 4.78 is 1.87. The third-order valence-electron chi connectivity index (χ3n) is 4.90. The van der Waals surface area contributed by atoms with Crippen molar-refractivity contribution >= 4 is 5.91 Å². The molecule has 1 saturated heterocycles. The average molecular weight is 342 g/mol. The molecule has 6 nitrogen and oxygen atoms in total. The van der Waals surface area contributed by atoms with Crippen molar-refractivity contribution in [3.05, 3.63) is 54.1 Å². The quantitative estimate of drug-likeness (QED) is 0.834. The number of aliphatic hydroxyl groups is 1. The van der Waals surface area contributed by atoms with Crippen LogP contribution in [-0.2, 0) is 18.4 Å². The molecule has 25 heavy (non-hydrogen) atoms. The van der Waals surface area contributed by atoms with Crippen LogP contribution >= 0.6 is 0 Å². The van der Waals surface area contributed by atoms with E-state index in [4.69, 9.17) is 0 Å². The van der Waals surface area contributed by atoms with Crippen molar-refractivity contribution in [1.82, 2.24) is 19.8 Å². The summed E-state index contributed by atoms with van der Waals surface area (Å²) in [7, 11) is 1.90. The molecule has 2 aromatic rings. The van der Waals surface area contributed by atoms with Crippen LogP contribution in [0.5, 0.6) is 0 Å². The van der Waals surface area contributed by atoms with Gasteiger partial charge in [0.25, 0.3) is 0 Å². The Hall–Kier alpha value is -2.18. The number of piperidine rings is 1. The van der Waals surface area contributed by atoms with E-state index in [1.807, 2.05) is 48.1 Å². The molecule has 0 bridgehead atoms. The van der Waals surface area contributed by atoms with Crippen LogP contribution in [0, 0.1) is 5.92 Å². The summed E-state index contributed by atoms with van der Waals surface area (Å²) in [5.41, 5.74) is 1.10. The van der Waals surface area contributed by atoms with Crippen LogP contribution < -0.4 is 5.32 Å². The normalized spacial score (nSPS) is 17.4. The molecule has 0 saturated carbocycles. The van der Waals surface area contributed by atoms with Crippen molar-refractivity contribution < 1.29 is 9.90 Å². The summed E-state index contributed by atoms with van der Waals surface area (Å²) in [5.74, 6) is 0.968. The first kappa shape index (κ1) is 17.6. The van der Waals surface area contributed by atoms with Crippen LogP contribution in [0.2, 0.25) is 0 Å². The highest BCUT2D eigenvalue weighted by Crippen LogP contribution is 2.29. The van der Waals surface area contributed by atoms with Gasteiger partial charge in [0.2, 0.25) is 5.91 Å². The third kappa shape index (κ3) is 4.67. The maximum atomic E-state index is 12.1. The zero-order valence-electron chi connectivity index (χ0n) is 14.6. The van der Waals surface area contributed by atoms with E-state index in [1.54, 1.807) is 6.20 Å². The summed E-state index contributed by atoms with van der Waals surface area (Å²) in [5, 5.41) is 13.5. The Morgan fingerprint density at radius 2 is 2.04 bits per heavy atom. The predicted molar refractivity (Wildman–Crippen MR) is 95.6 cm³/mol. The fourth-order valence-corrected chi connectivity index (χ4v) is 3.36. The van der Waals surface area contributed by atoms with Gasteiger partial charge in [-0.15, -0.1) is 0 Å². The highest BCUT2D eigenvalue weighted by atomic mass is 16.3. The number of hydrogen-bond acceptors (Lipinski definition) is 4. The molecule has 6 heteroatoms. The van der Waals surface area contributed by atoms with E-state index in [-0.39, 0.29) is 11.8 Å². The van der Waals surface area contributed by atoms with Crippen molar-refractivity contribution in [3.63, 3.8) is 0 Å². The van der Waals surface area contributed by atoms with Gasteiger partial charge < -0.3 is 15.0 Å². The standard InChI is InChI=1S/C19H26N4O2/c1-22-12-9-20-19(22)18(25)16-7-10-23(11-8-16)14-17(24)21-13-15-5-3-2-4-6-15/h2-6,9,12,16,18,25H,7-8,10-11,13-14H2,1H3,(H,21,24). The minimum absolute atomic E-state index is 0.0481. The van der Waals surface area contributed by atoms with Crippen LogP contribution in [0.25, 0.3) is 0 Å². The smallest absolute Gasteiger partial charge is 0.234 e. The van der Waals surface area contributed by atoms with E-state index >= 15 is 0 Å². The third-order valence-corrected chi connectivity index (χ3v) is 4.90. The average Bonchev–Trinajstić information content (AvgIpc) is 3.07. The number of imidazole rings is 1. The van der Waals surface area contributed by atoms with Gasteiger partial charge in [0.1, 0.15) is 11.9 Å². The Labute approximate surface area is 148 Å². The summed E-state index contributed by atoms with van der Waals surface area (Å²) in [6.07, 6.45) is 4.78. The Kier molecular flexibility index (Phi) is 5.83.